The molecule has 0 saturated heterocycles. The normalized spacial score (nSPS) is 10.1. The van der Waals surface area contributed by atoms with Gasteiger partial charge >= 0.3 is 5.97 Å². The fourth-order valence-corrected chi connectivity index (χ4v) is 1.60. The van der Waals surface area contributed by atoms with Crippen LogP contribution in [0.5, 0.6) is 11.5 Å². The average Bonchev–Trinajstić information content (AvgIpc) is 2.34. The summed E-state index contributed by atoms with van der Waals surface area (Å²) >= 11 is 5.99. The van der Waals surface area contributed by atoms with Crippen LogP contribution in [-0.4, -0.2) is 16.1 Å². The van der Waals surface area contributed by atoms with Crippen LogP contribution in [0.4, 0.5) is 0 Å². The van der Waals surface area contributed by atoms with E-state index in [0.717, 1.165) is 5.56 Å². The van der Waals surface area contributed by atoms with Gasteiger partial charge in [-0.1, -0.05) is 17.7 Å². The second kappa shape index (κ2) is 5.06. The predicted molar refractivity (Wildman–Crippen MR) is 67.5 cm³/mol. The molecule has 1 heterocycles. The molecule has 92 valence electrons. The molecule has 0 fully saturated rings. The first-order valence-electron chi connectivity index (χ1n) is 5.20. The van der Waals surface area contributed by atoms with Crippen LogP contribution in [0.15, 0.2) is 36.5 Å². The predicted octanol–water partition coefficient (Wildman–Crippen LogP) is 3.53. The van der Waals surface area contributed by atoms with E-state index in [-0.39, 0.29) is 11.4 Å². The number of hydrogen-bond donors (Lipinski definition) is 1. The summed E-state index contributed by atoms with van der Waals surface area (Å²) in [5, 5.41) is 9.41. The zero-order valence-electron chi connectivity index (χ0n) is 9.55. The molecule has 0 bridgehead atoms. The number of halogens is 1. The Morgan fingerprint density at radius 1 is 1.33 bits per heavy atom. The van der Waals surface area contributed by atoms with Gasteiger partial charge in [-0.3, -0.25) is 0 Å². The number of carboxylic acids is 1. The largest absolute Gasteiger partial charge is 0.476 e. The Morgan fingerprint density at radius 3 is 2.83 bits per heavy atom. The van der Waals surface area contributed by atoms with Crippen molar-refractivity contribution in [1.82, 2.24) is 4.98 Å². The summed E-state index contributed by atoms with van der Waals surface area (Å²) in [4.78, 5) is 14.7. The SMILES string of the molecule is Cc1ccc(Cl)c(Oc2cccnc2C(=O)O)c1. The maximum Gasteiger partial charge on any atom is 0.358 e. The van der Waals surface area contributed by atoms with Crippen molar-refractivity contribution in [3.05, 3.63) is 52.8 Å². The number of carbonyl (C=O) groups is 1. The average molecular weight is 264 g/mol. The minimum Gasteiger partial charge on any atom is -0.476 e. The minimum atomic E-state index is -1.14. The highest BCUT2D eigenvalue weighted by atomic mass is 35.5. The van der Waals surface area contributed by atoms with Gasteiger partial charge in [-0.15, -0.1) is 0 Å². The molecule has 1 aromatic heterocycles. The monoisotopic (exact) mass is 263 g/mol. The Hall–Kier alpha value is -2.07. The van der Waals surface area contributed by atoms with Crippen LogP contribution in [0.1, 0.15) is 16.1 Å². The molecule has 0 aliphatic heterocycles. The van der Waals surface area contributed by atoms with E-state index in [1.54, 1.807) is 18.2 Å². The third-order valence-electron chi connectivity index (χ3n) is 2.28. The lowest BCUT2D eigenvalue weighted by Crippen LogP contribution is -2.02. The number of aromatic carboxylic acids is 1. The van der Waals surface area contributed by atoms with Gasteiger partial charge in [0.1, 0.15) is 5.75 Å². The van der Waals surface area contributed by atoms with Gasteiger partial charge in [0, 0.05) is 6.20 Å². The molecular weight excluding hydrogens is 254 g/mol. The van der Waals surface area contributed by atoms with Crippen molar-refractivity contribution in [2.24, 2.45) is 0 Å². The molecule has 0 spiro atoms. The maximum atomic E-state index is 11.0. The van der Waals surface area contributed by atoms with Crippen LogP contribution in [0.25, 0.3) is 0 Å². The van der Waals surface area contributed by atoms with Crippen molar-refractivity contribution in [1.29, 1.82) is 0 Å². The van der Waals surface area contributed by atoms with Crippen molar-refractivity contribution in [2.45, 2.75) is 6.92 Å². The molecule has 0 amide bonds. The quantitative estimate of drug-likeness (QED) is 0.920. The molecule has 0 atom stereocenters. The number of hydrogen-bond acceptors (Lipinski definition) is 3. The molecule has 0 radical (unpaired) electrons. The Kier molecular flexibility index (Phi) is 3.48. The number of ether oxygens (including phenoxy) is 1. The molecule has 2 rings (SSSR count). The standard InChI is InChI=1S/C13H10ClNO3/c1-8-4-5-9(14)11(7-8)18-10-3-2-6-15-12(10)13(16)17/h2-7H,1H3,(H,16,17). The minimum absolute atomic E-state index is 0.143. The Balaban J connectivity index is 2.40. The van der Waals surface area contributed by atoms with Crippen molar-refractivity contribution in [3.8, 4) is 11.5 Å². The van der Waals surface area contributed by atoms with Crippen molar-refractivity contribution in [3.63, 3.8) is 0 Å². The number of carboxylic acid groups (broad SMARTS) is 1. The van der Waals surface area contributed by atoms with Crippen molar-refractivity contribution in [2.75, 3.05) is 0 Å². The van der Waals surface area contributed by atoms with E-state index in [0.29, 0.717) is 10.8 Å². The first kappa shape index (κ1) is 12.4. The zero-order valence-corrected chi connectivity index (χ0v) is 10.3. The number of nitrogens with zero attached hydrogens (tertiary/aromatic N) is 1. The van der Waals surface area contributed by atoms with Gasteiger partial charge in [0.15, 0.2) is 11.4 Å². The number of aryl methyl sites for hydroxylation is 1. The topological polar surface area (TPSA) is 59.4 Å². The smallest absolute Gasteiger partial charge is 0.358 e. The summed E-state index contributed by atoms with van der Waals surface area (Å²) < 4.78 is 5.51. The van der Waals surface area contributed by atoms with Crippen LogP contribution in [0, 0.1) is 6.92 Å². The highest BCUT2D eigenvalue weighted by Crippen LogP contribution is 2.31. The fourth-order valence-electron chi connectivity index (χ4n) is 1.44. The molecule has 5 heteroatoms. The Labute approximate surface area is 109 Å². The molecule has 4 nitrogen and oxygen atoms in total. The van der Waals surface area contributed by atoms with E-state index in [2.05, 4.69) is 4.98 Å². The number of rotatable bonds is 3. The van der Waals surface area contributed by atoms with Gasteiger partial charge in [0.25, 0.3) is 0 Å². The van der Waals surface area contributed by atoms with E-state index in [1.807, 2.05) is 13.0 Å². The van der Waals surface area contributed by atoms with Crippen LogP contribution in [0.2, 0.25) is 5.02 Å². The third kappa shape index (κ3) is 2.60. The first-order chi connectivity index (χ1) is 8.58. The summed E-state index contributed by atoms with van der Waals surface area (Å²) in [6, 6.07) is 8.42. The zero-order chi connectivity index (χ0) is 13.1. The summed E-state index contributed by atoms with van der Waals surface area (Å²) in [6.07, 6.45) is 1.40. The molecule has 1 aromatic carbocycles. The number of aromatic nitrogens is 1. The second-order valence-electron chi connectivity index (χ2n) is 3.69. The summed E-state index contributed by atoms with van der Waals surface area (Å²) in [5.41, 5.74) is 0.824. The lowest BCUT2D eigenvalue weighted by Gasteiger charge is -2.09. The fraction of sp³-hybridized carbons (Fsp3) is 0.0769. The molecule has 18 heavy (non-hydrogen) atoms. The molecular formula is C13H10ClNO3. The van der Waals surface area contributed by atoms with E-state index < -0.39 is 5.97 Å². The first-order valence-corrected chi connectivity index (χ1v) is 5.58. The summed E-state index contributed by atoms with van der Waals surface area (Å²) in [5.74, 6) is -0.570. The molecule has 0 unspecified atom stereocenters. The van der Waals surface area contributed by atoms with Crippen LogP contribution < -0.4 is 4.74 Å². The van der Waals surface area contributed by atoms with Crippen molar-refractivity contribution < 1.29 is 14.6 Å². The summed E-state index contributed by atoms with van der Waals surface area (Å²) in [7, 11) is 0. The highest BCUT2D eigenvalue weighted by Gasteiger charge is 2.14. The number of benzene rings is 1. The van der Waals surface area contributed by atoms with Crippen LogP contribution in [0.3, 0.4) is 0 Å². The molecule has 0 aliphatic carbocycles. The van der Waals surface area contributed by atoms with E-state index in [1.165, 1.54) is 12.3 Å². The van der Waals surface area contributed by atoms with Gasteiger partial charge < -0.3 is 9.84 Å². The summed E-state index contributed by atoms with van der Waals surface area (Å²) in [6.45, 7) is 1.89. The number of pyridine rings is 1. The van der Waals surface area contributed by atoms with Gasteiger partial charge in [-0.05, 0) is 36.8 Å². The molecule has 0 saturated carbocycles. The van der Waals surface area contributed by atoms with Gasteiger partial charge in [-0.2, -0.15) is 0 Å². The van der Waals surface area contributed by atoms with E-state index in [9.17, 15) is 4.79 Å². The van der Waals surface area contributed by atoms with Gasteiger partial charge in [0.2, 0.25) is 0 Å². The Morgan fingerprint density at radius 2 is 2.11 bits per heavy atom. The molecule has 1 N–H and O–H groups in total. The Bertz CT molecular complexity index is 599. The van der Waals surface area contributed by atoms with E-state index in [4.69, 9.17) is 21.4 Å². The van der Waals surface area contributed by atoms with Gasteiger partial charge in [-0.25, -0.2) is 9.78 Å². The van der Waals surface area contributed by atoms with Crippen LogP contribution >= 0.6 is 11.6 Å². The maximum absolute atomic E-state index is 11.0. The van der Waals surface area contributed by atoms with Crippen LogP contribution in [-0.2, 0) is 0 Å². The second-order valence-corrected chi connectivity index (χ2v) is 4.10. The van der Waals surface area contributed by atoms with Crippen molar-refractivity contribution >= 4 is 17.6 Å². The highest BCUT2D eigenvalue weighted by molar-refractivity contribution is 6.32. The third-order valence-corrected chi connectivity index (χ3v) is 2.59. The molecule has 0 aliphatic rings. The van der Waals surface area contributed by atoms with E-state index >= 15 is 0 Å². The van der Waals surface area contributed by atoms with Gasteiger partial charge in [0.05, 0.1) is 5.02 Å². The molecule has 2 aromatic rings. The lowest BCUT2D eigenvalue weighted by atomic mass is 10.2. The lowest BCUT2D eigenvalue weighted by molar-refractivity contribution is 0.0687.